The van der Waals surface area contributed by atoms with Gasteiger partial charge in [-0.3, -0.25) is 0 Å². The molecule has 0 spiro atoms. The molecule has 1 N–H and O–H groups in total. The molecule has 0 unspecified atom stereocenters. The van der Waals surface area contributed by atoms with Crippen LogP contribution in [-0.2, 0) is 6.54 Å². The van der Waals surface area contributed by atoms with Crippen molar-refractivity contribution in [2.45, 2.75) is 19.9 Å². The van der Waals surface area contributed by atoms with Gasteiger partial charge in [0, 0.05) is 17.1 Å². The zero-order valence-corrected chi connectivity index (χ0v) is 10.4. The second kappa shape index (κ2) is 7.31. The van der Waals surface area contributed by atoms with Crippen LogP contribution in [-0.4, -0.2) is 13.2 Å². The largest absolute Gasteiger partial charge is 0.489 e. The Bertz CT molecular complexity index is 339. The van der Waals surface area contributed by atoms with Crippen molar-refractivity contribution in [2.24, 2.45) is 0 Å². The molecule has 16 heavy (non-hydrogen) atoms. The molecule has 0 aliphatic carbocycles. The highest BCUT2D eigenvalue weighted by Gasteiger charge is 2.03. The van der Waals surface area contributed by atoms with Gasteiger partial charge in [-0.2, -0.15) is 0 Å². The molecular weight excluding hydrogens is 222 g/mol. The quantitative estimate of drug-likeness (QED) is 0.582. The van der Waals surface area contributed by atoms with Crippen LogP contribution in [0, 0.1) is 0 Å². The van der Waals surface area contributed by atoms with E-state index in [1.165, 1.54) is 0 Å². The molecule has 1 rings (SSSR count). The van der Waals surface area contributed by atoms with Crippen LogP contribution in [0.1, 0.15) is 18.9 Å². The van der Waals surface area contributed by atoms with Crippen LogP contribution < -0.4 is 10.1 Å². The highest BCUT2D eigenvalue weighted by Crippen LogP contribution is 2.22. The third-order valence-electron chi connectivity index (χ3n) is 2.12. The monoisotopic (exact) mass is 239 g/mol. The van der Waals surface area contributed by atoms with Crippen LogP contribution in [0.15, 0.2) is 30.9 Å². The smallest absolute Gasteiger partial charge is 0.124 e. The summed E-state index contributed by atoms with van der Waals surface area (Å²) in [5, 5.41) is 4.07. The topological polar surface area (TPSA) is 21.3 Å². The lowest BCUT2D eigenvalue weighted by Gasteiger charge is -2.11. The van der Waals surface area contributed by atoms with Crippen LogP contribution >= 0.6 is 11.6 Å². The fraction of sp³-hybridized carbons (Fsp3) is 0.385. The standard InChI is InChI=1S/C13H18ClNO/c1-3-7-15-10-11-9-12(14)5-6-13(11)16-8-4-2/h4-6,9,15H,2-3,7-8,10H2,1H3. The minimum atomic E-state index is 0.516. The Morgan fingerprint density at radius 1 is 1.50 bits per heavy atom. The predicted octanol–water partition coefficient (Wildman–Crippen LogP) is 3.40. The van der Waals surface area contributed by atoms with Crippen molar-refractivity contribution < 1.29 is 4.74 Å². The normalized spacial score (nSPS) is 10.1. The van der Waals surface area contributed by atoms with E-state index >= 15 is 0 Å². The van der Waals surface area contributed by atoms with E-state index in [2.05, 4.69) is 18.8 Å². The molecule has 1 aromatic carbocycles. The van der Waals surface area contributed by atoms with Gasteiger partial charge in [0.05, 0.1) is 0 Å². The third-order valence-corrected chi connectivity index (χ3v) is 2.36. The first-order valence-corrected chi connectivity index (χ1v) is 5.88. The van der Waals surface area contributed by atoms with E-state index in [-0.39, 0.29) is 0 Å². The van der Waals surface area contributed by atoms with Gasteiger partial charge in [-0.1, -0.05) is 31.2 Å². The van der Waals surface area contributed by atoms with E-state index in [1.54, 1.807) is 6.08 Å². The molecular formula is C13H18ClNO. The summed E-state index contributed by atoms with van der Waals surface area (Å²) in [4.78, 5) is 0. The van der Waals surface area contributed by atoms with Crippen LogP contribution in [0.3, 0.4) is 0 Å². The molecule has 0 aliphatic heterocycles. The molecule has 0 fully saturated rings. The molecule has 0 aliphatic rings. The molecule has 0 radical (unpaired) electrons. The van der Waals surface area contributed by atoms with Crippen molar-refractivity contribution in [1.29, 1.82) is 0 Å². The average molecular weight is 240 g/mol. The van der Waals surface area contributed by atoms with E-state index in [4.69, 9.17) is 16.3 Å². The van der Waals surface area contributed by atoms with Gasteiger partial charge in [0.15, 0.2) is 0 Å². The maximum atomic E-state index is 5.96. The zero-order chi connectivity index (χ0) is 11.8. The minimum Gasteiger partial charge on any atom is -0.489 e. The third kappa shape index (κ3) is 4.25. The van der Waals surface area contributed by atoms with Crippen molar-refractivity contribution in [1.82, 2.24) is 5.32 Å². The van der Waals surface area contributed by atoms with Crippen molar-refractivity contribution in [3.05, 3.63) is 41.4 Å². The first-order chi connectivity index (χ1) is 7.77. The van der Waals surface area contributed by atoms with Gasteiger partial charge in [-0.25, -0.2) is 0 Å². The van der Waals surface area contributed by atoms with E-state index < -0.39 is 0 Å². The summed E-state index contributed by atoms with van der Waals surface area (Å²) in [5.74, 6) is 0.868. The Kier molecular flexibility index (Phi) is 5.98. The lowest BCUT2D eigenvalue weighted by Crippen LogP contribution is -2.14. The molecule has 3 heteroatoms. The van der Waals surface area contributed by atoms with Gasteiger partial charge in [-0.05, 0) is 31.2 Å². The second-order valence-corrected chi connectivity index (χ2v) is 3.96. The molecule has 0 heterocycles. The Morgan fingerprint density at radius 3 is 3.00 bits per heavy atom. The van der Waals surface area contributed by atoms with Crippen molar-refractivity contribution in [3.8, 4) is 5.75 Å². The predicted molar refractivity (Wildman–Crippen MR) is 69.1 cm³/mol. The molecule has 0 atom stereocenters. The van der Waals surface area contributed by atoms with Gasteiger partial charge in [0.2, 0.25) is 0 Å². The van der Waals surface area contributed by atoms with Gasteiger partial charge in [0.25, 0.3) is 0 Å². The first-order valence-electron chi connectivity index (χ1n) is 5.50. The van der Waals surface area contributed by atoms with E-state index in [1.807, 2.05) is 18.2 Å². The number of halogens is 1. The number of ether oxygens (including phenoxy) is 1. The number of rotatable bonds is 7. The van der Waals surface area contributed by atoms with Crippen molar-refractivity contribution in [2.75, 3.05) is 13.2 Å². The summed E-state index contributed by atoms with van der Waals surface area (Å²) >= 11 is 5.96. The van der Waals surface area contributed by atoms with E-state index in [0.717, 1.165) is 35.8 Å². The number of hydrogen-bond acceptors (Lipinski definition) is 2. The maximum absolute atomic E-state index is 5.96. The Morgan fingerprint density at radius 2 is 2.31 bits per heavy atom. The van der Waals surface area contributed by atoms with Gasteiger partial charge in [0.1, 0.15) is 12.4 Å². The van der Waals surface area contributed by atoms with E-state index in [0.29, 0.717) is 6.61 Å². The lowest BCUT2D eigenvalue weighted by atomic mass is 10.2. The minimum absolute atomic E-state index is 0.516. The number of hydrogen-bond donors (Lipinski definition) is 1. The zero-order valence-electron chi connectivity index (χ0n) is 9.63. The maximum Gasteiger partial charge on any atom is 0.124 e. The molecule has 88 valence electrons. The number of nitrogens with one attached hydrogen (secondary N) is 1. The number of benzene rings is 1. The van der Waals surface area contributed by atoms with Crippen molar-refractivity contribution >= 4 is 11.6 Å². The molecule has 0 bridgehead atoms. The molecule has 0 saturated carbocycles. The van der Waals surface area contributed by atoms with Gasteiger partial charge < -0.3 is 10.1 Å². The van der Waals surface area contributed by atoms with Gasteiger partial charge in [-0.15, -0.1) is 0 Å². The van der Waals surface area contributed by atoms with Crippen LogP contribution in [0.4, 0.5) is 0 Å². The summed E-state index contributed by atoms with van der Waals surface area (Å²) in [7, 11) is 0. The molecule has 2 nitrogen and oxygen atoms in total. The Hall–Kier alpha value is -0.990. The molecule has 0 saturated heterocycles. The van der Waals surface area contributed by atoms with Crippen molar-refractivity contribution in [3.63, 3.8) is 0 Å². The summed E-state index contributed by atoms with van der Waals surface area (Å²) in [6, 6.07) is 5.67. The Labute approximate surface area is 102 Å². The van der Waals surface area contributed by atoms with Gasteiger partial charge >= 0.3 is 0 Å². The van der Waals surface area contributed by atoms with Crippen LogP contribution in [0.25, 0.3) is 0 Å². The molecule has 1 aromatic rings. The fourth-order valence-corrected chi connectivity index (χ4v) is 1.57. The first kappa shape index (κ1) is 13.1. The summed E-state index contributed by atoms with van der Waals surface area (Å²) in [6.07, 6.45) is 2.85. The SMILES string of the molecule is C=CCOc1ccc(Cl)cc1CNCCC. The summed E-state index contributed by atoms with van der Waals surface area (Å²) in [6.45, 7) is 8.06. The summed E-state index contributed by atoms with van der Waals surface area (Å²) < 4.78 is 5.56. The second-order valence-electron chi connectivity index (χ2n) is 3.53. The highest BCUT2D eigenvalue weighted by atomic mass is 35.5. The molecule has 0 aromatic heterocycles. The average Bonchev–Trinajstić information content (AvgIpc) is 2.28. The van der Waals surface area contributed by atoms with Crippen LogP contribution in [0.5, 0.6) is 5.75 Å². The lowest BCUT2D eigenvalue weighted by molar-refractivity contribution is 0.358. The molecule has 0 amide bonds. The van der Waals surface area contributed by atoms with Crippen LogP contribution in [0.2, 0.25) is 5.02 Å². The Balaban J connectivity index is 2.68. The summed E-state index contributed by atoms with van der Waals surface area (Å²) in [5.41, 5.74) is 1.09. The fourth-order valence-electron chi connectivity index (χ4n) is 1.38. The van der Waals surface area contributed by atoms with E-state index in [9.17, 15) is 0 Å². The highest BCUT2D eigenvalue weighted by molar-refractivity contribution is 6.30.